The summed E-state index contributed by atoms with van der Waals surface area (Å²) in [6.45, 7) is 0. The number of rotatable bonds is 7. The summed E-state index contributed by atoms with van der Waals surface area (Å²) in [4.78, 5) is 4.51. The number of pyridine rings is 1. The van der Waals surface area contributed by atoms with E-state index in [1.165, 1.54) is 27.3 Å². The van der Waals surface area contributed by atoms with Crippen molar-refractivity contribution in [3.8, 4) is 22.4 Å². The molecule has 0 saturated carbocycles. The molecule has 0 aliphatic rings. The molecule has 0 atom stereocenters. The SMILES string of the molecule is c1ccc(P(CCc2cccc(-c3cccc(-c4ccccn4)c3)c2)c2ccccc2)cc1. The number of hydrogen-bond donors (Lipinski definition) is 0. The molecule has 1 nitrogen and oxygen atoms in total. The molecule has 0 amide bonds. The maximum atomic E-state index is 4.51. The third-order valence-corrected chi connectivity index (χ3v) is 8.36. The van der Waals surface area contributed by atoms with Gasteiger partial charge in [-0.15, -0.1) is 0 Å². The van der Waals surface area contributed by atoms with Gasteiger partial charge in [0.25, 0.3) is 0 Å². The van der Waals surface area contributed by atoms with Crippen LogP contribution in [0.2, 0.25) is 0 Å². The van der Waals surface area contributed by atoms with Crippen molar-refractivity contribution in [2.45, 2.75) is 6.42 Å². The van der Waals surface area contributed by atoms with E-state index in [1.54, 1.807) is 0 Å². The summed E-state index contributed by atoms with van der Waals surface area (Å²) in [5, 5.41) is 2.89. The minimum atomic E-state index is -0.382. The Bertz CT molecular complexity index is 1260. The van der Waals surface area contributed by atoms with E-state index in [-0.39, 0.29) is 7.92 Å². The first-order chi connectivity index (χ1) is 16.4. The maximum Gasteiger partial charge on any atom is 0.0702 e. The van der Waals surface area contributed by atoms with Crippen molar-refractivity contribution >= 4 is 18.5 Å². The molecule has 0 saturated heterocycles. The minimum absolute atomic E-state index is 0.382. The molecule has 0 radical (unpaired) electrons. The predicted molar refractivity (Wildman–Crippen MR) is 143 cm³/mol. The van der Waals surface area contributed by atoms with Gasteiger partial charge < -0.3 is 0 Å². The highest BCUT2D eigenvalue weighted by Crippen LogP contribution is 2.34. The maximum absolute atomic E-state index is 4.51. The van der Waals surface area contributed by atoms with Crippen LogP contribution in [-0.4, -0.2) is 11.1 Å². The van der Waals surface area contributed by atoms with Crippen LogP contribution in [0.4, 0.5) is 0 Å². The average molecular weight is 444 g/mol. The van der Waals surface area contributed by atoms with Crippen LogP contribution < -0.4 is 10.6 Å². The molecule has 0 aliphatic heterocycles. The lowest BCUT2D eigenvalue weighted by atomic mass is 9.99. The van der Waals surface area contributed by atoms with Crippen LogP contribution in [0.1, 0.15) is 5.56 Å². The number of aryl methyl sites for hydroxylation is 1. The number of benzene rings is 4. The molecule has 0 bridgehead atoms. The molecule has 0 unspecified atom stereocenters. The van der Waals surface area contributed by atoms with Crippen molar-refractivity contribution in [1.82, 2.24) is 4.98 Å². The summed E-state index contributed by atoms with van der Waals surface area (Å²) >= 11 is 0. The third-order valence-electron chi connectivity index (χ3n) is 5.84. The van der Waals surface area contributed by atoms with E-state index in [0.717, 1.165) is 23.8 Å². The first-order valence-corrected chi connectivity index (χ1v) is 12.9. The Morgan fingerprint density at radius 1 is 0.515 bits per heavy atom. The Hall–Kier alpha value is -3.54. The van der Waals surface area contributed by atoms with Gasteiger partial charge in [0, 0.05) is 11.8 Å². The van der Waals surface area contributed by atoms with Crippen LogP contribution >= 0.6 is 7.92 Å². The van der Waals surface area contributed by atoms with Gasteiger partial charge >= 0.3 is 0 Å². The fourth-order valence-corrected chi connectivity index (χ4v) is 6.52. The Balaban J connectivity index is 1.38. The van der Waals surface area contributed by atoms with E-state index < -0.39 is 0 Å². The van der Waals surface area contributed by atoms with Gasteiger partial charge in [0.2, 0.25) is 0 Å². The van der Waals surface area contributed by atoms with Gasteiger partial charge in [-0.1, -0.05) is 109 Å². The van der Waals surface area contributed by atoms with Crippen LogP contribution in [0.5, 0.6) is 0 Å². The van der Waals surface area contributed by atoms with Gasteiger partial charge in [0.1, 0.15) is 0 Å². The molecule has 33 heavy (non-hydrogen) atoms. The van der Waals surface area contributed by atoms with E-state index in [9.17, 15) is 0 Å². The summed E-state index contributed by atoms with van der Waals surface area (Å²) in [5.74, 6) is 0. The monoisotopic (exact) mass is 443 g/mol. The highest BCUT2D eigenvalue weighted by atomic mass is 31.1. The van der Waals surface area contributed by atoms with Crippen LogP contribution in [0.3, 0.4) is 0 Å². The van der Waals surface area contributed by atoms with Crippen molar-refractivity contribution in [2.75, 3.05) is 6.16 Å². The van der Waals surface area contributed by atoms with Gasteiger partial charge in [-0.05, 0) is 66.0 Å². The summed E-state index contributed by atoms with van der Waals surface area (Å²) in [7, 11) is -0.382. The predicted octanol–water partition coefficient (Wildman–Crippen LogP) is 7.09. The second-order valence-electron chi connectivity index (χ2n) is 8.07. The largest absolute Gasteiger partial charge is 0.256 e. The van der Waals surface area contributed by atoms with Gasteiger partial charge in [0.15, 0.2) is 0 Å². The average Bonchev–Trinajstić information content (AvgIpc) is 2.91. The lowest BCUT2D eigenvalue weighted by Crippen LogP contribution is -2.14. The molecule has 4 aromatic carbocycles. The zero-order valence-corrected chi connectivity index (χ0v) is 19.4. The third kappa shape index (κ3) is 5.28. The highest BCUT2D eigenvalue weighted by molar-refractivity contribution is 7.73. The summed E-state index contributed by atoms with van der Waals surface area (Å²) in [6.07, 6.45) is 4.05. The normalized spacial score (nSPS) is 10.9. The van der Waals surface area contributed by atoms with Gasteiger partial charge in [0.05, 0.1) is 5.69 Å². The second-order valence-corrected chi connectivity index (χ2v) is 10.4. The first-order valence-electron chi connectivity index (χ1n) is 11.4. The quantitative estimate of drug-likeness (QED) is 0.245. The molecule has 1 aromatic heterocycles. The molecular weight excluding hydrogens is 417 g/mol. The molecule has 5 aromatic rings. The molecule has 5 rings (SSSR count). The van der Waals surface area contributed by atoms with E-state index >= 15 is 0 Å². The minimum Gasteiger partial charge on any atom is -0.256 e. The molecule has 2 heteroatoms. The summed E-state index contributed by atoms with van der Waals surface area (Å²) < 4.78 is 0. The van der Waals surface area contributed by atoms with Crippen molar-refractivity contribution in [1.29, 1.82) is 0 Å². The van der Waals surface area contributed by atoms with Crippen LogP contribution in [0.25, 0.3) is 22.4 Å². The van der Waals surface area contributed by atoms with Crippen molar-refractivity contribution in [3.05, 3.63) is 139 Å². The Kier molecular flexibility index (Phi) is 6.71. The van der Waals surface area contributed by atoms with Crippen LogP contribution in [0, 0.1) is 0 Å². The molecule has 0 aliphatic carbocycles. The molecule has 0 N–H and O–H groups in total. The summed E-state index contributed by atoms with van der Waals surface area (Å²) in [5.41, 5.74) is 6.03. The van der Waals surface area contributed by atoms with Gasteiger partial charge in [-0.2, -0.15) is 0 Å². The molecule has 1 heterocycles. The number of nitrogens with zero attached hydrogens (tertiary/aromatic N) is 1. The molecular formula is C31H26NP. The van der Waals surface area contributed by atoms with Crippen molar-refractivity contribution in [2.24, 2.45) is 0 Å². The number of hydrogen-bond acceptors (Lipinski definition) is 1. The smallest absolute Gasteiger partial charge is 0.0702 e. The first kappa shape index (κ1) is 21.3. The molecule has 0 fully saturated rings. The topological polar surface area (TPSA) is 12.9 Å². The standard InChI is InChI=1S/C31H26NP/c1-3-15-29(16-4-1)33(30-17-5-2-6-18-30)22-20-25-11-9-12-26(23-25)27-13-10-14-28(24-27)31-19-7-8-21-32-31/h1-19,21,23-24H,20,22H2. The highest BCUT2D eigenvalue weighted by Gasteiger charge is 2.13. The van der Waals surface area contributed by atoms with Gasteiger partial charge in [-0.25, -0.2) is 0 Å². The lowest BCUT2D eigenvalue weighted by molar-refractivity contribution is 1.15. The van der Waals surface area contributed by atoms with Crippen molar-refractivity contribution < 1.29 is 0 Å². The van der Waals surface area contributed by atoms with E-state index in [4.69, 9.17) is 0 Å². The Morgan fingerprint density at radius 3 is 1.79 bits per heavy atom. The lowest BCUT2D eigenvalue weighted by Gasteiger charge is -2.19. The number of aromatic nitrogens is 1. The van der Waals surface area contributed by atoms with Crippen LogP contribution in [-0.2, 0) is 6.42 Å². The zero-order chi connectivity index (χ0) is 22.3. The van der Waals surface area contributed by atoms with E-state index in [1.807, 2.05) is 18.3 Å². The van der Waals surface area contributed by atoms with Crippen LogP contribution in [0.15, 0.2) is 134 Å². The Morgan fingerprint density at radius 2 is 1.12 bits per heavy atom. The van der Waals surface area contributed by atoms with Gasteiger partial charge in [-0.3, -0.25) is 4.98 Å². The van der Waals surface area contributed by atoms with Crippen molar-refractivity contribution in [3.63, 3.8) is 0 Å². The molecule has 0 spiro atoms. The zero-order valence-electron chi connectivity index (χ0n) is 18.5. The fraction of sp³-hybridized carbons (Fsp3) is 0.0645. The van der Waals surface area contributed by atoms with E-state index in [0.29, 0.717) is 0 Å². The Labute approximate surface area is 197 Å². The fourth-order valence-electron chi connectivity index (χ4n) is 4.16. The second kappa shape index (κ2) is 10.4. The molecule has 160 valence electrons. The van der Waals surface area contributed by atoms with E-state index in [2.05, 4.69) is 120 Å². The summed E-state index contributed by atoms with van der Waals surface area (Å²) in [6, 6.07) is 45.7.